The Morgan fingerprint density at radius 1 is 1.29 bits per heavy atom. The van der Waals surface area contributed by atoms with Gasteiger partial charge in [-0.3, -0.25) is 0 Å². The molecule has 3 rings (SSSR count). The van der Waals surface area contributed by atoms with Gasteiger partial charge in [-0.05, 0) is 49.5 Å². The largest absolute Gasteiger partial charge is 0.361 e. The number of benzene rings is 1. The van der Waals surface area contributed by atoms with E-state index in [-0.39, 0.29) is 0 Å². The van der Waals surface area contributed by atoms with Gasteiger partial charge >= 0.3 is 0 Å². The Kier molecular flexibility index (Phi) is 2.87. The molecule has 0 saturated carbocycles. The molecule has 4 N–H and O–H groups in total. The third kappa shape index (κ3) is 1.85. The Morgan fingerprint density at radius 2 is 2.18 bits per heavy atom. The van der Waals surface area contributed by atoms with Crippen molar-refractivity contribution in [1.82, 2.24) is 10.3 Å². The van der Waals surface area contributed by atoms with Gasteiger partial charge in [-0.2, -0.15) is 0 Å². The van der Waals surface area contributed by atoms with Crippen LogP contribution in [-0.2, 0) is 0 Å². The first kappa shape index (κ1) is 10.8. The summed E-state index contributed by atoms with van der Waals surface area (Å²) in [4.78, 5) is 3.37. The monoisotopic (exact) mass is 229 g/mol. The number of H-pyrrole nitrogens is 1. The predicted octanol–water partition coefficient (Wildman–Crippen LogP) is 1.82. The number of hydrogen-bond acceptors (Lipinski definition) is 2. The summed E-state index contributed by atoms with van der Waals surface area (Å²) in [5.41, 5.74) is 8.57. The number of hydrogen-bond donors (Lipinski definition) is 3. The molecule has 1 aliphatic heterocycles. The zero-order valence-corrected chi connectivity index (χ0v) is 9.95. The summed E-state index contributed by atoms with van der Waals surface area (Å²) in [5, 5.41) is 4.79. The summed E-state index contributed by atoms with van der Waals surface area (Å²) in [7, 11) is 0. The summed E-state index contributed by atoms with van der Waals surface area (Å²) in [6.07, 6.45) is 3.35. The second-order valence-corrected chi connectivity index (χ2v) is 4.88. The van der Waals surface area contributed by atoms with Gasteiger partial charge in [0.05, 0.1) is 0 Å². The van der Waals surface area contributed by atoms with Crippen molar-refractivity contribution >= 4 is 10.9 Å². The first-order valence-corrected chi connectivity index (χ1v) is 6.37. The number of aromatic amines is 1. The van der Waals surface area contributed by atoms with Crippen LogP contribution in [0.25, 0.3) is 10.9 Å². The van der Waals surface area contributed by atoms with Crippen LogP contribution in [0, 0.1) is 5.92 Å². The summed E-state index contributed by atoms with van der Waals surface area (Å²) in [6.45, 7) is 2.90. The van der Waals surface area contributed by atoms with Crippen molar-refractivity contribution in [2.75, 3.05) is 19.6 Å². The lowest BCUT2D eigenvalue weighted by molar-refractivity contribution is 0.334. The zero-order valence-electron chi connectivity index (χ0n) is 9.95. The second kappa shape index (κ2) is 4.51. The summed E-state index contributed by atoms with van der Waals surface area (Å²) in [6, 6.07) is 8.53. The molecule has 1 fully saturated rings. The summed E-state index contributed by atoms with van der Waals surface area (Å²) < 4.78 is 0. The highest BCUT2D eigenvalue weighted by atomic mass is 14.9. The van der Waals surface area contributed by atoms with Gasteiger partial charge in [0, 0.05) is 17.1 Å². The molecule has 2 unspecified atom stereocenters. The van der Waals surface area contributed by atoms with E-state index in [0.717, 1.165) is 19.6 Å². The van der Waals surface area contributed by atoms with Crippen molar-refractivity contribution in [2.45, 2.75) is 12.3 Å². The van der Waals surface area contributed by atoms with Gasteiger partial charge in [0.25, 0.3) is 0 Å². The molecule has 0 aliphatic carbocycles. The van der Waals surface area contributed by atoms with Crippen LogP contribution < -0.4 is 11.1 Å². The number of para-hydroxylation sites is 1. The van der Waals surface area contributed by atoms with E-state index in [0.29, 0.717) is 11.8 Å². The minimum Gasteiger partial charge on any atom is -0.361 e. The molecule has 2 atom stereocenters. The third-order valence-electron chi connectivity index (χ3n) is 3.93. The second-order valence-electron chi connectivity index (χ2n) is 4.88. The van der Waals surface area contributed by atoms with Gasteiger partial charge in [-0.25, -0.2) is 0 Å². The van der Waals surface area contributed by atoms with Crippen LogP contribution >= 0.6 is 0 Å². The quantitative estimate of drug-likeness (QED) is 0.735. The highest BCUT2D eigenvalue weighted by Gasteiger charge is 2.26. The minimum absolute atomic E-state index is 0.558. The number of aromatic nitrogens is 1. The smallest absolute Gasteiger partial charge is 0.0456 e. The van der Waals surface area contributed by atoms with Crippen molar-refractivity contribution in [3.05, 3.63) is 36.0 Å². The number of rotatable bonds is 2. The maximum atomic E-state index is 5.89. The predicted molar refractivity (Wildman–Crippen MR) is 71.1 cm³/mol. The Labute approximate surface area is 101 Å². The van der Waals surface area contributed by atoms with Gasteiger partial charge in [0.2, 0.25) is 0 Å². The molecule has 0 amide bonds. The van der Waals surface area contributed by atoms with Crippen LogP contribution in [0.3, 0.4) is 0 Å². The van der Waals surface area contributed by atoms with E-state index >= 15 is 0 Å². The summed E-state index contributed by atoms with van der Waals surface area (Å²) in [5.74, 6) is 1.15. The highest BCUT2D eigenvalue weighted by Crippen LogP contribution is 2.34. The van der Waals surface area contributed by atoms with Crippen molar-refractivity contribution in [3.8, 4) is 0 Å². The van der Waals surface area contributed by atoms with Crippen LogP contribution in [0.4, 0.5) is 0 Å². The fraction of sp³-hybridized carbons (Fsp3) is 0.429. The lowest BCUT2D eigenvalue weighted by Gasteiger charge is -2.31. The molecule has 3 nitrogen and oxygen atoms in total. The number of piperidine rings is 1. The lowest BCUT2D eigenvalue weighted by atomic mass is 9.81. The van der Waals surface area contributed by atoms with E-state index in [4.69, 9.17) is 5.73 Å². The molecule has 1 aromatic heterocycles. The van der Waals surface area contributed by atoms with Crippen molar-refractivity contribution in [3.63, 3.8) is 0 Å². The SMILES string of the molecule is NCC1CNCCC1c1c[nH]c2ccccc12. The van der Waals surface area contributed by atoms with E-state index in [9.17, 15) is 0 Å². The van der Waals surface area contributed by atoms with E-state index in [1.807, 2.05) is 0 Å². The standard InChI is InChI=1S/C14H19N3/c15-7-10-8-16-6-5-11(10)13-9-17-14-4-2-1-3-12(13)14/h1-4,9-11,16-17H,5-8,15H2. The van der Waals surface area contributed by atoms with Crippen molar-refractivity contribution in [2.24, 2.45) is 11.7 Å². The Morgan fingerprint density at radius 3 is 3.06 bits per heavy atom. The van der Waals surface area contributed by atoms with Gasteiger partial charge < -0.3 is 16.0 Å². The molecule has 0 spiro atoms. The van der Waals surface area contributed by atoms with Gasteiger partial charge in [0.15, 0.2) is 0 Å². The van der Waals surface area contributed by atoms with E-state index < -0.39 is 0 Å². The summed E-state index contributed by atoms with van der Waals surface area (Å²) >= 11 is 0. The molecule has 0 bridgehead atoms. The topological polar surface area (TPSA) is 53.8 Å². The number of nitrogens with one attached hydrogen (secondary N) is 2. The van der Waals surface area contributed by atoms with Gasteiger partial charge in [-0.1, -0.05) is 18.2 Å². The van der Waals surface area contributed by atoms with Crippen LogP contribution in [-0.4, -0.2) is 24.6 Å². The Bertz CT molecular complexity index is 503. The Hall–Kier alpha value is -1.32. The molecule has 17 heavy (non-hydrogen) atoms. The number of nitrogens with two attached hydrogens (primary N) is 1. The molecule has 2 heterocycles. The van der Waals surface area contributed by atoms with Gasteiger partial charge in [0.1, 0.15) is 0 Å². The minimum atomic E-state index is 0.558. The molecule has 3 heteroatoms. The fourth-order valence-corrected chi connectivity index (χ4v) is 2.98. The lowest BCUT2D eigenvalue weighted by Crippen LogP contribution is -2.39. The van der Waals surface area contributed by atoms with E-state index in [1.54, 1.807) is 0 Å². The average molecular weight is 229 g/mol. The molecule has 90 valence electrons. The van der Waals surface area contributed by atoms with Crippen LogP contribution in [0.2, 0.25) is 0 Å². The first-order chi connectivity index (χ1) is 8.40. The highest BCUT2D eigenvalue weighted by molar-refractivity contribution is 5.83. The van der Waals surface area contributed by atoms with Crippen molar-refractivity contribution < 1.29 is 0 Å². The van der Waals surface area contributed by atoms with Crippen LogP contribution in [0.5, 0.6) is 0 Å². The third-order valence-corrected chi connectivity index (χ3v) is 3.93. The van der Waals surface area contributed by atoms with Crippen molar-refractivity contribution in [1.29, 1.82) is 0 Å². The number of fused-ring (bicyclic) bond motifs is 1. The van der Waals surface area contributed by atoms with Gasteiger partial charge in [-0.15, -0.1) is 0 Å². The molecule has 1 saturated heterocycles. The van der Waals surface area contributed by atoms with Crippen LogP contribution in [0.1, 0.15) is 17.9 Å². The molecular weight excluding hydrogens is 210 g/mol. The fourth-order valence-electron chi connectivity index (χ4n) is 2.98. The maximum absolute atomic E-state index is 5.89. The van der Waals surface area contributed by atoms with E-state index in [2.05, 4.69) is 40.8 Å². The molecule has 0 radical (unpaired) electrons. The normalized spacial score (nSPS) is 25.2. The average Bonchev–Trinajstić information content (AvgIpc) is 2.82. The van der Waals surface area contributed by atoms with Crippen LogP contribution in [0.15, 0.2) is 30.5 Å². The maximum Gasteiger partial charge on any atom is 0.0456 e. The van der Waals surface area contributed by atoms with E-state index in [1.165, 1.54) is 22.9 Å². The zero-order chi connectivity index (χ0) is 11.7. The molecule has 2 aromatic rings. The molecule has 1 aliphatic rings. The molecular formula is C14H19N3. The first-order valence-electron chi connectivity index (χ1n) is 6.37. The molecule has 1 aromatic carbocycles. The Balaban J connectivity index is 2.01.